The standard InChI is InChI=1S/C35H48F3N7O3/c1-22-17-42(27(16-39-22)18-41-12-11-35(37,38)15-23(41)2)19-29(46)43-20-33(3,4)30-28(43)14-25(13-24-7-9-26(36)10-8-24)31-40-44(21-34(5,6)48)32(47)45(30)31/h7-10,14,22-23,27,39,48H,11-13,15-21H2,1-6H3/t22-,23-,27-/m1/s1. The van der Waals surface area contributed by atoms with Crippen molar-refractivity contribution in [1.29, 1.82) is 0 Å². The number of alkyl halides is 2. The first-order valence-electron chi connectivity index (χ1n) is 16.9. The van der Waals surface area contributed by atoms with Crippen LogP contribution in [-0.2, 0) is 23.2 Å². The molecule has 1 aromatic carbocycles. The molecule has 3 atom stereocenters. The summed E-state index contributed by atoms with van der Waals surface area (Å²) in [6.45, 7) is 13.8. The van der Waals surface area contributed by atoms with Gasteiger partial charge in [-0.2, -0.15) is 0 Å². The third-order valence-corrected chi connectivity index (χ3v) is 10.0. The number of nitrogens with one attached hydrogen (secondary N) is 1. The average Bonchev–Trinajstić information content (AvgIpc) is 3.43. The average molecular weight is 672 g/mol. The lowest BCUT2D eigenvalue weighted by Crippen LogP contribution is -2.62. The molecule has 3 aliphatic rings. The Kier molecular flexibility index (Phi) is 9.06. The van der Waals surface area contributed by atoms with E-state index >= 15 is 0 Å². The molecule has 262 valence electrons. The van der Waals surface area contributed by atoms with E-state index in [0.29, 0.717) is 61.7 Å². The second kappa shape index (κ2) is 12.6. The Morgan fingerprint density at radius 2 is 1.85 bits per heavy atom. The Labute approximate surface area is 279 Å². The highest BCUT2D eigenvalue weighted by atomic mass is 19.3. The molecule has 2 aromatic heterocycles. The number of amides is 1. The summed E-state index contributed by atoms with van der Waals surface area (Å²) in [6.07, 6.45) is 0.0263. The lowest BCUT2D eigenvalue weighted by Gasteiger charge is -2.45. The highest BCUT2D eigenvalue weighted by Gasteiger charge is 2.44. The van der Waals surface area contributed by atoms with Crippen molar-refractivity contribution in [2.75, 3.05) is 44.2 Å². The van der Waals surface area contributed by atoms with Crippen LogP contribution in [0.15, 0.2) is 35.1 Å². The minimum absolute atomic E-state index is 0.0167. The topological polar surface area (TPSA) is 98.4 Å². The largest absolute Gasteiger partial charge is 0.389 e. The van der Waals surface area contributed by atoms with Gasteiger partial charge in [-0.05, 0) is 51.5 Å². The van der Waals surface area contributed by atoms with Gasteiger partial charge in [0.15, 0.2) is 5.65 Å². The molecule has 0 saturated carbocycles. The van der Waals surface area contributed by atoms with Gasteiger partial charge >= 0.3 is 5.69 Å². The molecule has 0 radical (unpaired) electrons. The van der Waals surface area contributed by atoms with Gasteiger partial charge in [0.25, 0.3) is 5.92 Å². The molecule has 2 N–H and O–H groups in total. The molecule has 1 amide bonds. The summed E-state index contributed by atoms with van der Waals surface area (Å²) >= 11 is 0. The first-order valence-corrected chi connectivity index (χ1v) is 16.9. The van der Waals surface area contributed by atoms with E-state index in [1.807, 2.05) is 26.8 Å². The molecule has 0 aliphatic carbocycles. The summed E-state index contributed by atoms with van der Waals surface area (Å²) in [4.78, 5) is 34.4. The summed E-state index contributed by atoms with van der Waals surface area (Å²) in [6, 6.07) is 7.94. The van der Waals surface area contributed by atoms with Crippen LogP contribution in [0, 0.1) is 5.82 Å². The van der Waals surface area contributed by atoms with Crippen LogP contribution in [0.2, 0.25) is 0 Å². The van der Waals surface area contributed by atoms with Crippen LogP contribution in [-0.4, -0.2) is 104 Å². The number of carbonyl (C=O) groups excluding carboxylic acids is 1. The number of aromatic nitrogens is 3. The molecule has 0 bridgehead atoms. The van der Waals surface area contributed by atoms with Gasteiger partial charge in [-0.15, -0.1) is 5.10 Å². The van der Waals surface area contributed by atoms with Gasteiger partial charge in [0, 0.05) is 81.1 Å². The maximum absolute atomic E-state index is 14.3. The Balaban J connectivity index is 1.35. The van der Waals surface area contributed by atoms with E-state index in [4.69, 9.17) is 0 Å². The van der Waals surface area contributed by atoms with E-state index in [1.54, 1.807) is 35.3 Å². The van der Waals surface area contributed by atoms with Gasteiger partial charge in [-0.3, -0.25) is 14.6 Å². The molecule has 0 unspecified atom stereocenters. The first-order chi connectivity index (χ1) is 22.4. The third-order valence-electron chi connectivity index (χ3n) is 10.0. The number of likely N-dealkylation sites (tertiary alicyclic amines) is 1. The number of aliphatic hydroxyl groups is 1. The number of fused-ring (bicyclic) bond motifs is 3. The minimum atomic E-state index is -2.64. The van der Waals surface area contributed by atoms with Crippen LogP contribution in [0.3, 0.4) is 0 Å². The van der Waals surface area contributed by atoms with Gasteiger partial charge < -0.3 is 15.3 Å². The highest BCUT2D eigenvalue weighted by Crippen LogP contribution is 2.42. The lowest BCUT2D eigenvalue weighted by molar-refractivity contribution is -0.121. The molecule has 3 aliphatic heterocycles. The molecular formula is C35H48F3N7O3. The van der Waals surface area contributed by atoms with E-state index in [-0.39, 0.29) is 55.8 Å². The lowest BCUT2D eigenvalue weighted by atomic mass is 9.90. The van der Waals surface area contributed by atoms with Gasteiger partial charge in [0.05, 0.1) is 30.1 Å². The fourth-order valence-corrected chi connectivity index (χ4v) is 7.68. The van der Waals surface area contributed by atoms with Crippen molar-refractivity contribution < 1.29 is 23.1 Å². The maximum Gasteiger partial charge on any atom is 0.350 e. The van der Waals surface area contributed by atoms with Gasteiger partial charge in [-0.1, -0.05) is 26.0 Å². The van der Waals surface area contributed by atoms with Crippen LogP contribution in [0.25, 0.3) is 5.65 Å². The van der Waals surface area contributed by atoms with Gasteiger partial charge in [0.1, 0.15) is 5.82 Å². The van der Waals surface area contributed by atoms with Crippen molar-refractivity contribution >= 4 is 17.2 Å². The van der Waals surface area contributed by atoms with Crippen molar-refractivity contribution in [2.24, 2.45) is 0 Å². The Hall–Kier alpha value is -3.26. The van der Waals surface area contributed by atoms with Gasteiger partial charge in [-0.25, -0.2) is 27.0 Å². The molecule has 13 heteroatoms. The summed E-state index contributed by atoms with van der Waals surface area (Å²) in [5.74, 6) is -3.10. The predicted molar refractivity (Wildman–Crippen MR) is 178 cm³/mol. The van der Waals surface area contributed by atoms with E-state index in [2.05, 4.69) is 27.1 Å². The predicted octanol–water partition coefficient (Wildman–Crippen LogP) is 3.40. The number of hydrogen-bond acceptors (Lipinski definition) is 7. The van der Waals surface area contributed by atoms with E-state index in [9.17, 15) is 27.9 Å². The molecule has 10 nitrogen and oxygen atoms in total. The quantitative estimate of drug-likeness (QED) is 0.379. The number of carbonyl (C=O) groups is 1. The van der Waals surface area contributed by atoms with Crippen LogP contribution in [0.5, 0.6) is 0 Å². The molecule has 6 rings (SSSR count). The maximum atomic E-state index is 14.3. The molecule has 0 spiro atoms. The fourth-order valence-electron chi connectivity index (χ4n) is 7.68. The second-order valence-electron chi connectivity index (χ2n) is 15.5. The molecule has 2 saturated heterocycles. The zero-order chi connectivity index (χ0) is 34.8. The normalized spacial score (nSPS) is 24.7. The molecular weight excluding hydrogens is 623 g/mol. The first kappa shape index (κ1) is 34.6. The van der Waals surface area contributed by atoms with Crippen molar-refractivity contribution in [2.45, 2.75) is 102 Å². The SMILES string of the molecule is C[C@@H]1CN(CC(=O)N2CC(C)(C)c3c2cc(Cc2ccc(F)cc2)c2nn(CC(C)(C)O)c(=O)n32)[C@@H](CN2CCC(F)(F)C[C@H]2C)CN1. The van der Waals surface area contributed by atoms with E-state index < -0.39 is 22.6 Å². The minimum Gasteiger partial charge on any atom is -0.389 e. The zero-order valence-electron chi connectivity index (χ0n) is 28.8. The summed E-state index contributed by atoms with van der Waals surface area (Å²) in [5, 5.41) is 18.7. The number of piperazine rings is 1. The molecule has 48 heavy (non-hydrogen) atoms. The van der Waals surface area contributed by atoms with E-state index in [0.717, 1.165) is 5.56 Å². The van der Waals surface area contributed by atoms with Crippen molar-refractivity contribution in [1.82, 2.24) is 29.3 Å². The number of anilines is 1. The Bertz CT molecular complexity index is 1730. The second-order valence-corrected chi connectivity index (χ2v) is 15.5. The molecule has 2 fully saturated rings. The molecule has 3 aromatic rings. The van der Waals surface area contributed by atoms with Crippen molar-refractivity contribution in [3.63, 3.8) is 0 Å². The van der Waals surface area contributed by atoms with Crippen LogP contribution in [0.4, 0.5) is 18.9 Å². The highest BCUT2D eigenvalue weighted by molar-refractivity contribution is 5.98. The number of pyridine rings is 1. The number of piperidine rings is 1. The summed E-state index contributed by atoms with van der Waals surface area (Å²) in [7, 11) is 0. The number of halogens is 3. The third kappa shape index (κ3) is 7.05. The van der Waals surface area contributed by atoms with Gasteiger partial charge in [0.2, 0.25) is 5.91 Å². The summed E-state index contributed by atoms with van der Waals surface area (Å²) < 4.78 is 44.8. The number of rotatable bonds is 8. The monoisotopic (exact) mass is 671 g/mol. The number of hydrogen-bond donors (Lipinski definition) is 2. The number of nitrogens with zero attached hydrogens (tertiary/aromatic N) is 6. The van der Waals surface area contributed by atoms with Crippen LogP contribution < -0.4 is 15.9 Å². The zero-order valence-corrected chi connectivity index (χ0v) is 28.8. The Morgan fingerprint density at radius 1 is 1.15 bits per heavy atom. The number of benzene rings is 1. The Morgan fingerprint density at radius 3 is 2.52 bits per heavy atom. The van der Waals surface area contributed by atoms with Crippen LogP contribution in [0.1, 0.15) is 71.2 Å². The van der Waals surface area contributed by atoms with Crippen LogP contribution >= 0.6 is 0 Å². The van der Waals surface area contributed by atoms with Crippen molar-refractivity contribution in [3.8, 4) is 0 Å². The molecule has 5 heterocycles. The fraction of sp³-hybridized carbons (Fsp3) is 0.629. The van der Waals surface area contributed by atoms with Crippen molar-refractivity contribution in [3.05, 3.63) is 63.5 Å². The van der Waals surface area contributed by atoms with E-state index in [1.165, 1.54) is 16.8 Å². The smallest absolute Gasteiger partial charge is 0.350 e. The summed E-state index contributed by atoms with van der Waals surface area (Å²) in [5.41, 5.74) is 1.07.